The van der Waals surface area contributed by atoms with Crippen molar-refractivity contribution in [3.8, 4) is 0 Å². The maximum atomic E-state index is 2.47. The maximum absolute atomic E-state index is 2.47. The summed E-state index contributed by atoms with van der Waals surface area (Å²) in [6, 6.07) is 0.690. The molecule has 0 aromatic rings. The Kier molecular flexibility index (Phi) is 8.26. The van der Waals surface area contributed by atoms with Crippen molar-refractivity contribution >= 4 is 0 Å². The molecule has 0 fully saturated rings. The molecule has 1 unspecified atom stereocenters. The highest BCUT2D eigenvalue weighted by Gasteiger charge is 2.11. The summed E-state index contributed by atoms with van der Waals surface area (Å²) in [4.78, 5) is 2.47. The van der Waals surface area contributed by atoms with Gasteiger partial charge in [-0.25, -0.2) is 0 Å². The van der Waals surface area contributed by atoms with E-state index in [2.05, 4.69) is 39.6 Å². The minimum atomic E-state index is 0.690. The lowest BCUT2D eigenvalue weighted by Gasteiger charge is -2.26. The molecule has 0 aliphatic rings. The number of nitrogens with zero attached hydrogens (tertiary/aromatic N) is 1. The van der Waals surface area contributed by atoms with Crippen LogP contribution in [0, 0.1) is 5.92 Å². The first-order valence-electron chi connectivity index (χ1n) is 6.32. The van der Waals surface area contributed by atoms with Crippen LogP contribution in [0.3, 0.4) is 0 Å². The maximum Gasteiger partial charge on any atom is 0.00356 e. The summed E-state index contributed by atoms with van der Waals surface area (Å²) in [5.41, 5.74) is 0. The average Bonchev–Trinajstić information content (AvgIpc) is 2.16. The van der Waals surface area contributed by atoms with Crippen LogP contribution in [0.4, 0.5) is 0 Å². The second-order valence-corrected chi connectivity index (χ2v) is 4.80. The van der Waals surface area contributed by atoms with Crippen molar-refractivity contribution in [2.75, 3.05) is 13.6 Å². The van der Waals surface area contributed by atoms with Crippen molar-refractivity contribution in [3.63, 3.8) is 0 Å². The molecule has 0 aliphatic carbocycles. The summed E-state index contributed by atoms with van der Waals surface area (Å²) in [6.07, 6.45) is 6.92. The van der Waals surface area contributed by atoms with Crippen LogP contribution in [0.15, 0.2) is 0 Å². The minimum absolute atomic E-state index is 0.690. The van der Waals surface area contributed by atoms with Gasteiger partial charge in [-0.15, -0.1) is 0 Å². The molecule has 0 aliphatic heterocycles. The summed E-state index contributed by atoms with van der Waals surface area (Å²) < 4.78 is 0. The van der Waals surface area contributed by atoms with Crippen molar-refractivity contribution in [1.29, 1.82) is 0 Å². The fraction of sp³-hybridized carbons (Fsp3) is 1.00. The van der Waals surface area contributed by atoms with Crippen LogP contribution in [0.2, 0.25) is 0 Å². The standard InChI is InChI=1S/C13H29N/c1-6-8-9-10-13(7-2)11-14(5)12(3)4/h12-13H,6-11H2,1-5H3. The van der Waals surface area contributed by atoms with Crippen molar-refractivity contribution in [2.45, 2.75) is 65.8 Å². The zero-order valence-corrected chi connectivity index (χ0v) is 10.8. The lowest BCUT2D eigenvalue weighted by molar-refractivity contribution is 0.218. The Morgan fingerprint density at radius 3 is 2.14 bits per heavy atom. The van der Waals surface area contributed by atoms with E-state index in [4.69, 9.17) is 0 Å². The van der Waals surface area contributed by atoms with Crippen LogP contribution in [0.5, 0.6) is 0 Å². The van der Waals surface area contributed by atoms with Crippen molar-refractivity contribution < 1.29 is 0 Å². The molecular formula is C13H29N. The Hall–Kier alpha value is -0.0400. The van der Waals surface area contributed by atoms with Crippen molar-refractivity contribution in [3.05, 3.63) is 0 Å². The van der Waals surface area contributed by atoms with Crippen LogP contribution in [0.1, 0.15) is 59.8 Å². The third-order valence-electron chi connectivity index (χ3n) is 3.22. The topological polar surface area (TPSA) is 3.24 Å². The van der Waals surface area contributed by atoms with Gasteiger partial charge in [0.05, 0.1) is 0 Å². The van der Waals surface area contributed by atoms with Crippen LogP contribution >= 0.6 is 0 Å². The minimum Gasteiger partial charge on any atom is -0.304 e. The molecule has 0 saturated heterocycles. The molecule has 1 nitrogen and oxygen atoms in total. The Bertz CT molecular complexity index is 120. The summed E-state index contributed by atoms with van der Waals surface area (Å²) in [6.45, 7) is 10.4. The fourth-order valence-corrected chi connectivity index (χ4v) is 1.73. The van der Waals surface area contributed by atoms with E-state index in [1.54, 1.807) is 0 Å². The van der Waals surface area contributed by atoms with E-state index in [1.165, 1.54) is 38.6 Å². The van der Waals surface area contributed by atoms with Gasteiger partial charge in [0.2, 0.25) is 0 Å². The molecule has 0 radical (unpaired) electrons. The molecule has 0 aromatic carbocycles. The molecule has 0 heterocycles. The molecule has 86 valence electrons. The quantitative estimate of drug-likeness (QED) is 0.535. The average molecular weight is 199 g/mol. The third-order valence-corrected chi connectivity index (χ3v) is 3.22. The molecular weight excluding hydrogens is 170 g/mol. The van der Waals surface area contributed by atoms with E-state index in [9.17, 15) is 0 Å². The lowest BCUT2D eigenvalue weighted by Crippen LogP contribution is -2.31. The molecule has 14 heavy (non-hydrogen) atoms. The second kappa shape index (κ2) is 8.28. The Balaban J connectivity index is 3.67. The monoisotopic (exact) mass is 199 g/mol. The highest BCUT2D eigenvalue weighted by atomic mass is 15.1. The number of rotatable bonds is 8. The molecule has 0 rings (SSSR count). The van der Waals surface area contributed by atoms with Gasteiger partial charge in [0.1, 0.15) is 0 Å². The van der Waals surface area contributed by atoms with Gasteiger partial charge in [-0.2, -0.15) is 0 Å². The molecule has 0 saturated carbocycles. The van der Waals surface area contributed by atoms with E-state index in [-0.39, 0.29) is 0 Å². The van der Waals surface area contributed by atoms with Crippen LogP contribution in [-0.2, 0) is 0 Å². The Labute approximate surface area is 90.9 Å². The van der Waals surface area contributed by atoms with E-state index in [0.717, 1.165) is 5.92 Å². The smallest absolute Gasteiger partial charge is 0.00356 e. The molecule has 0 bridgehead atoms. The number of hydrogen-bond donors (Lipinski definition) is 0. The first-order valence-corrected chi connectivity index (χ1v) is 6.32. The highest BCUT2D eigenvalue weighted by molar-refractivity contribution is 4.65. The van der Waals surface area contributed by atoms with Gasteiger partial charge >= 0.3 is 0 Å². The zero-order chi connectivity index (χ0) is 11.0. The van der Waals surface area contributed by atoms with E-state index in [0.29, 0.717) is 6.04 Å². The second-order valence-electron chi connectivity index (χ2n) is 4.80. The third kappa shape index (κ3) is 6.42. The van der Waals surface area contributed by atoms with Gasteiger partial charge in [-0.1, -0.05) is 39.5 Å². The Morgan fingerprint density at radius 1 is 1.07 bits per heavy atom. The SMILES string of the molecule is CCCCCC(CC)CN(C)C(C)C. The zero-order valence-electron chi connectivity index (χ0n) is 10.8. The molecule has 0 N–H and O–H groups in total. The molecule has 0 aromatic heterocycles. The highest BCUT2D eigenvalue weighted by Crippen LogP contribution is 2.15. The van der Waals surface area contributed by atoms with Gasteiger partial charge in [-0.05, 0) is 33.2 Å². The van der Waals surface area contributed by atoms with Crippen LogP contribution in [-0.4, -0.2) is 24.5 Å². The summed E-state index contributed by atoms with van der Waals surface area (Å²) >= 11 is 0. The molecule has 1 atom stereocenters. The predicted molar refractivity (Wildman–Crippen MR) is 65.7 cm³/mol. The number of unbranched alkanes of at least 4 members (excludes halogenated alkanes) is 2. The summed E-state index contributed by atoms with van der Waals surface area (Å²) in [7, 11) is 2.24. The van der Waals surface area contributed by atoms with Crippen molar-refractivity contribution in [2.24, 2.45) is 5.92 Å². The fourth-order valence-electron chi connectivity index (χ4n) is 1.73. The van der Waals surface area contributed by atoms with Gasteiger partial charge in [0.15, 0.2) is 0 Å². The molecule has 0 spiro atoms. The van der Waals surface area contributed by atoms with Gasteiger partial charge < -0.3 is 4.90 Å². The van der Waals surface area contributed by atoms with Gasteiger partial charge in [0, 0.05) is 12.6 Å². The van der Waals surface area contributed by atoms with Gasteiger partial charge in [0.25, 0.3) is 0 Å². The Morgan fingerprint density at radius 2 is 1.71 bits per heavy atom. The summed E-state index contributed by atoms with van der Waals surface area (Å²) in [5, 5.41) is 0. The molecule has 0 amide bonds. The van der Waals surface area contributed by atoms with Crippen LogP contribution < -0.4 is 0 Å². The van der Waals surface area contributed by atoms with Gasteiger partial charge in [-0.3, -0.25) is 0 Å². The van der Waals surface area contributed by atoms with Crippen LogP contribution in [0.25, 0.3) is 0 Å². The van der Waals surface area contributed by atoms with E-state index < -0.39 is 0 Å². The van der Waals surface area contributed by atoms with E-state index >= 15 is 0 Å². The first-order chi connectivity index (χ1) is 6.61. The lowest BCUT2D eigenvalue weighted by atomic mass is 9.98. The predicted octanol–water partition coefficient (Wildman–Crippen LogP) is 3.93. The molecule has 1 heteroatoms. The largest absolute Gasteiger partial charge is 0.304 e. The summed E-state index contributed by atoms with van der Waals surface area (Å²) in [5.74, 6) is 0.911. The van der Waals surface area contributed by atoms with E-state index in [1.807, 2.05) is 0 Å². The first kappa shape index (κ1) is 14.0. The normalized spacial score (nSPS) is 13.9. The van der Waals surface area contributed by atoms with Crippen molar-refractivity contribution in [1.82, 2.24) is 4.90 Å². The number of hydrogen-bond acceptors (Lipinski definition) is 1.